The molecule has 19 heavy (non-hydrogen) atoms. The van der Waals surface area contributed by atoms with E-state index in [-0.39, 0.29) is 0 Å². The quantitative estimate of drug-likeness (QED) is 0.793. The first kappa shape index (κ1) is 15.3. The molecule has 3 atom stereocenters. The van der Waals surface area contributed by atoms with Crippen molar-refractivity contribution >= 4 is 0 Å². The van der Waals surface area contributed by atoms with Gasteiger partial charge in [-0.15, -0.1) is 0 Å². The summed E-state index contributed by atoms with van der Waals surface area (Å²) < 4.78 is 5.83. The normalized spacial score (nSPS) is 33.6. The second-order valence-electron chi connectivity index (χ2n) is 6.80. The third-order valence-electron chi connectivity index (χ3n) is 5.05. The number of nitrogens with zero attached hydrogens (tertiary/aromatic N) is 1. The average molecular weight is 268 g/mol. The smallest absolute Gasteiger partial charge is 0.0826 e. The van der Waals surface area contributed by atoms with Crippen LogP contribution in [0.15, 0.2) is 0 Å². The van der Waals surface area contributed by atoms with Crippen LogP contribution in [0.4, 0.5) is 0 Å². The minimum absolute atomic E-state index is 0.392. The number of likely N-dealkylation sites (N-methyl/N-ethyl adjacent to an activating group) is 1. The second kappa shape index (κ2) is 7.61. The SMILES string of the molecule is CC(C)C1CCCC(N(C)CC2CNCCO2)CC1. The van der Waals surface area contributed by atoms with E-state index in [2.05, 4.69) is 31.1 Å². The molecular formula is C16H32N2O. The number of morpholine rings is 1. The zero-order chi connectivity index (χ0) is 13.7. The average Bonchev–Trinajstić information content (AvgIpc) is 2.65. The van der Waals surface area contributed by atoms with Gasteiger partial charge < -0.3 is 15.0 Å². The molecule has 1 N–H and O–H groups in total. The highest BCUT2D eigenvalue weighted by atomic mass is 16.5. The largest absolute Gasteiger partial charge is 0.374 e. The molecular weight excluding hydrogens is 236 g/mol. The van der Waals surface area contributed by atoms with Crippen molar-refractivity contribution in [1.82, 2.24) is 10.2 Å². The molecule has 3 heteroatoms. The Kier molecular flexibility index (Phi) is 6.11. The van der Waals surface area contributed by atoms with Crippen molar-refractivity contribution in [3.05, 3.63) is 0 Å². The lowest BCUT2D eigenvalue weighted by atomic mass is 9.89. The molecule has 1 aliphatic carbocycles. The maximum absolute atomic E-state index is 5.83. The Morgan fingerprint density at radius 1 is 1.21 bits per heavy atom. The van der Waals surface area contributed by atoms with Crippen molar-refractivity contribution in [2.24, 2.45) is 11.8 Å². The predicted octanol–water partition coefficient (Wildman–Crippen LogP) is 2.51. The van der Waals surface area contributed by atoms with Crippen LogP contribution in [0.2, 0.25) is 0 Å². The van der Waals surface area contributed by atoms with Crippen LogP contribution >= 0.6 is 0 Å². The fourth-order valence-electron chi connectivity index (χ4n) is 3.63. The van der Waals surface area contributed by atoms with Crippen LogP contribution in [-0.2, 0) is 4.74 Å². The topological polar surface area (TPSA) is 24.5 Å². The molecule has 1 saturated heterocycles. The van der Waals surface area contributed by atoms with E-state index in [0.29, 0.717) is 6.10 Å². The number of nitrogens with one attached hydrogen (secondary N) is 1. The van der Waals surface area contributed by atoms with Gasteiger partial charge in [0.2, 0.25) is 0 Å². The molecule has 0 aromatic rings. The zero-order valence-electron chi connectivity index (χ0n) is 13.0. The van der Waals surface area contributed by atoms with Gasteiger partial charge >= 0.3 is 0 Å². The van der Waals surface area contributed by atoms with Crippen molar-refractivity contribution < 1.29 is 4.74 Å². The maximum atomic E-state index is 5.83. The molecule has 1 saturated carbocycles. The van der Waals surface area contributed by atoms with E-state index in [0.717, 1.165) is 44.1 Å². The highest BCUT2D eigenvalue weighted by molar-refractivity contribution is 4.80. The summed E-state index contributed by atoms with van der Waals surface area (Å²) in [6.45, 7) is 8.76. The van der Waals surface area contributed by atoms with Gasteiger partial charge in [-0.25, -0.2) is 0 Å². The molecule has 2 rings (SSSR count). The van der Waals surface area contributed by atoms with Crippen LogP contribution in [0, 0.1) is 11.8 Å². The van der Waals surface area contributed by atoms with Crippen molar-refractivity contribution in [2.75, 3.05) is 33.3 Å². The molecule has 2 aliphatic rings. The Balaban J connectivity index is 1.77. The van der Waals surface area contributed by atoms with E-state index < -0.39 is 0 Å². The van der Waals surface area contributed by atoms with E-state index in [1.807, 2.05) is 0 Å². The van der Waals surface area contributed by atoms with E-state index >= 15 is 0 Å². The van der Waals surface area contributed by atoms with Crippen LogP contribution in [0.5, 0.6) is 0 Å². The lowest BCUT2D eigenvalue weighted by molar-refractivity contribution is 0.00151. The van der Waals surface area contributed by atoms with E-state index in [9.17, 15) is 0 Å². The second-order valence-corrected chi connectivity index (χ2v) is 6.80. The summed E-state index contributed by atoms with van der Waals surface area (Å²) in [5.41, 5.74) is 0. The van der Waals surface area contributed by atoms with Gasteiger partial charge in [0.1, 0.15) is 0 Å². The van der Waals surface area contributed by atoms with Gasteiger partial charge in [-0.2, -0.15) is 0 Å². The van der Waals surface area contributed by atoms with Crippen molar-refractivity contribution in [3.63, 3.8) is 0 Å². The molecule has 3 unspecified atom stereocenters. The molecule has 0 aromatic carbocycles. The summed E-state index contributed by atoms with van der Waals surface area (Å²) in [7, 11) is 2.29. The standard InChI is InChI=1S/C16H32N2O/c1-13(2)14-5-4-6-15(8-7-14)18(3)12-16-11-17-9-10-19-16/h13-17H,4-12H2,1-3H3. The molecule has 1 heterocycles. The zero-order valence-corrected chi connectivity index (χ0v) is 13.0. The summed E-state index contributed by atoms with van der Waals surface area (Å²) in [6.07, 6.45) is 7.39. The Labute approximate surface area is 119 Å². The summed E-state index contributed by atoms with van der Waals surface area (Å²) >= 11 is 0. The van der Waals surface area contributed by atoms with Crippen molar-refractivity contribution in [3.8, 4) is 0 Å². The third kappa shape index (κ3) is 4.73. The summed E-state index contributed by atoms with van der Waals surface area (Å²) in [5.74, 6) is 1.81. The molecule has 112 valence electrons. The van der Waals surface area contributed by atoms with E-state index in [1.165, 1.54) is 32.1 Å². The first-order valence-electron chi connectivity index (χ1n) is 8.19. The van der Waals surface area contributed by atoms with Gasteiger partial charge in [-0.1, -0.05) is 26.7 Å². The lowest BCUT2D eigenvalue weighted by Crippen LogP contribution is -2.46. The molecule has 0 amide bonds. The molecule has 2 fully saturated rings. The summed E-state index contributed by atoms with van der Waals surface area (Å²) in [6, 6.07) is 0.772. The predicted molar refractivity (Wildman–Crippen MR) is 80.4 cm³/mol. The Bertz CT molecular complexity index is 251. The minimum Gasteiger partial charge on any atom is -0.374 e. The van der Waals surface area contributed by atoms with Gasteiger partial charge in [-0.3, -0.25) is 0 Å². The van der Waals surface area contributed by atoms with Crippen LogP contribution in [0.3, 0.4) is 0 Å². The number of hydrogen-bond donors (Lipinski definition) is 1. The Morgan fingerprint density at radius 2 is 2.05 bits per heavy atom. The molecule has 0 radical (unpaired) electrons. The fraction of sp³-hybridized carbons (Fsp3) is 1.00. The Morgan fingerprint density at radius 3 is 2.74 bits per heavy atom. The lowest BCUT2D eigenvalue weighted by Gasteiger charge is -2.32. The molecule has 3 nitrogen and oxygen atoms in total. The molecule has 0 spiro atoms. The monoisotopic (exact) mass is 268 g/mol. The fourth-order valence-corrected chi connectivity index (χ4v) is 3.63. The van der Waals surface area contributed by atoms with Crippen LogP contribution in [0.1, 0.15) is 46.0 Å². The molecule has 0 bridgehead atoms. The number of ether oxygens (including phenoxy) is 1. The number of hydrogen-bond acceptors (Lipinski definition) is 3. The maximum Gasteiger partial charge on any atom is 0.0826 e. The van der Waals surface area contributed by atoms with Crippen LogP contribution < -0.4 is 5.32 Å². The van der Waals surface area contributed by atoms with Gasteiger partial charge in [0.25, 0.3) is 0 Å². The van der Waals surface area contributed by atoms with Crippen molar-refractivity contribution in [1.29, 1.82) is 0 Å². The highest BCUT2D eigenvalue weighted by Crippen LogP contribution is 2.30. The van der Waals surface area contributed by atoms with E-state index in [1.54, 1.807) is 0 Å². The number of rotatable bonds is 4. The summed E-state index contributed by atoms with van der Waals surface area (Å²) in [4.78, 5) is 2.56. The van der Waals surface area contributed by atoms with Gasteiger partial charge in [0.15, 0.2) is 0 Å². The summed E-state index contributed by atoms with van der Waals surface area (Å²) in [5, 5.41) is 3.43. The van der Waals surface area contributed by atoms with Crippen LogP contribution in [-0.4, -0.2) is 50.3 Å². The van der Waals surface area contributed by atoms with Crippen LogP contribution in [0.25, 0.3) is 0 Å². The first-order chi connectivity index (χ1) is 9.16. The van der Waals surface area contributed by atoms with Gasteiger partial charge in [0, 0.05) is 25.7 Å². The third-order valence-corrected chi connectivity index (χ3v) is 5.05. The van der Waals surface area contributed by atoms with Crippen molar-refractivity contribution in [2.45, 2.75) is 58.1 Å². The Hall–Kier alpha value is -0.120. The van der Waals surface area contributed by atoms with Gasteiger partial charge in [-0.05, 0) is 38.1 Å². The van der Waals surface area contributed by atoms with Gasteiger partial charge in [0.05, 0.1) is 12.7 Å². The van der Waals surface area contributed by atoms with E-state index in [4.69, 9.17) is 4.74 Å². The first-order valence-corrected chi connectivity index (χ1v) is 8.19. The minimum atomic E-state index is 0.392. The molecule has 1 aliphatic heterocycles. The highest BCUT2D eigenvalue weighted by Gasteiger charge is 2.25. The molecule has 0 aromatic heterocycles.